The Morgan fingerprint density at radius 2 is 1.50 bits per heavy atom. The van der Waals surface area contributed by atoms with Gasteiger partial charge in [-0.05, 0) is 59.7 Å². The van der Waals surface area contributed by atoms with E-state index in [1.807, 2.05) is 66.7 Å². The molecule has 0 aliphatic rings. The number of thiocarbonyl (C=S) groups is 1. The van der Waals surface area contributed by atoms with Crippen LogP contribution in [0.5, 0.6) is 5.75 Å². The summed E-state index contributed by atoms with van der Waals surface area (Å²) in [7, 11) is 1.66. The van der Waals surface area contributed by atoms with Crippen LogP contribution in [0.2, 0.25) is 5.02 Å². The highest BCUT2D eigenvalue weighted by Gasteiger charge is 2.15. The van der Waals surface area contributed by atoms with Crippen molar-refractivity contribution in [2.24, 2.45) is 0 Å². The molecule has 0 spiro atoms. The van der Waals surface area contributed by atoms with Crippen LogP contribution in [-0.2, 0) is 0 Å². The molecule has 5 heteroatoms. The SMILES string of the molecule is COc1ccc([C@@H](NC(=S)Nc2ccc(Cl)cc2)c2ccccc2)cc1. The number of ether oxygens (including phenoxy) is 1. The third-order valence-electron chi connectivity index (χ3n) is 3.96. The second-order valence-corrected chi connectivity index (χ2v) is 6.57. The summed E-state index contributed by atoms with van der Waals surface area (Å²) in [6.07, 6.45) is 0. The summed E-state index contributed by atoms with van der Waals surface area (Å²) in [5.74, 6) is 0.822. The number of halogens is 1. The van der Waals surface area contributed by atoms with Crippen molar-refractivity contribution >= 4 is 34.6 Å². The molecule has 2 N–H and O–H groups in total. The Morgan fingerprint density at radius 3 is 2.12 bits per heavy atom. The quantitative estimate of drug-likeness (QED) is 0.577. The van der Waals surface area contributed by atoms with Crippen LogP contribution in [0.4, 0.5) is 5.69 Å². The Balaban J connectivity index is 1.81. The maximum absolute atomic E-state index is 5.93. The third-order valence-corrected chi connectivity index (χ3v) is 4.43. The molecule has 0 fully saturated rings. The number of anilines is 1. The van der Waals surface area contributed by atoms with Crippen LogP contribution in [0.15, 0.2) is 78.9 Å². The average molecular weight is 383 g/mol. The van der Waals surface area contributed by atoms with E-state index < -0.39 is 0 Å². The monoisotopic (exact) mass is 382 g/mol. The van der Waals surface area contributed by atoms with Crippen LogP contribution < -0.4 is 15.4 Å². The number of benzene rings is 3. The molecule has 26 heavy (non-hydrogen) atoms. The van der Waals surface area contributed by atoms with Gasteiger partial charge >= 0.3 is 0 Å². The van der Waals surface area contributed by atoms with E-state index in [4.69, 9.17) is 28.6 Å². The first-order valence-corrected chi connectivity index (χ1v) is 8.96. The van der Waals surface area contributed by atoms with Gasteiger partial charge in [-0.25, -0.2) is 0 Å². The van der Waals surface area contributed by atoms with Gasteiger partial charge in [-0.1, -0.05) is 54.1 Å². The Hall–Kier alpha value is -2.56. The predicted octanol–water partition coefficient (Wildman–Crippen LogP) is 5.42. The molecule has 3 aromatic carbocycles. The maximum Gasteiger partial charge on any atom is 0.171 e. The van der Waals surface area contributed by atoms with Gasteiger partial charge in [0.1, 0.15) is 5.75 Å². The number of methoxy groups -OCH3 is 1. The average Bonchev–Trinajstić information content (AvgIpc) is 2.69. The van der Waals surface area contributed by atoms with Crippen molar-refractivity contribution < 1.29 is 4.74 Å². The Labute approximate surface area is 164 Å². The lowest BCUT2D eigenvalue weighted by molar-refractivity contribution is 0.414. The second kappa shape index (κ2) is 8.70. The minimum Gasteiger partial charge on any atom is -0.497 e. The Kier molecular flexibility index (Phi) is 6.10. The molecular weight excluding hydrogens is 364 g/mol. The molecule has 0 radical (unpaired) electrons. The fourth-order valence-electron chi connectivity index (χ4n) is 2.63. The summed E-state index contributed by atoms with van der Waals surface area (Å²) in [5, 5.41) is 7.82. The van der Waals surface area contributed by atoms with Crippen LogP contribution in [0.3, 0.4) is 0 Å². The first-order valence-electron chi connectivity index (χ1n) is 8.17. The van der Waals surface area contributed by atoms with E-state index in [0.717, 1.165) is 22.6 Å². The lowest BCUT2D eigenvalue weighted by Gasteiger charge is -2.22. The molecule has 0 aromatic heterocycles. The van der Waals surface area contributed by atoms with Crippen molar-refractivity contribution in [2.45, 2.75) is 6.04 Å². The van der Waals surface area contributed by atoms with Gasteiger partial charge in [-0.2, -0.15) is 0 Å². The topological polar surface area (TPSA) is 33.3 Å². The highest BCUT2D eigenvalue weighted by Crippen LogP contribution is 2.24. The first-order chi connectivity index (χ1) is 12.7. The van der Waals surface area contributed by atoms with Crippen LogP contribution in [0.25, 0.3) is 0 Å². The van der Waals surface area contributed by atoms with Crippen LogP contribution in [-0.4, -0.2) is 12.2 Å². The van der Waals surface area contributed by atoms with E-state index in [2.05, 4.69) is 22.8 Å². The van der Waals surface area contributed by atoms with Gasteiger partial charge in [-0.15, -0.1) is 0 Å². The summed E-state index contributed by atoms with van der Waals surface area (Å²) < 4.78 is 5.26. The molecule has 3 nitrogen and oxygen atoms in total. The first kappa shape index (κ1) is 18.2. The summed E-state index contributed by atoms with van der Waals surface area (Å²) in [4.78, 5) is 0. The van der Waals surface area contributed by atoms with Crippen molar-refractivity contribution in [3.8, 4) is 5.75 Å². The van der Waals surface area contributed by atoms with Crippen LogP contribution in [0, 0.1) is 0 Å². The Bertz CT molecular complexity index is 851. The highest BCUT2D eigenvalue weighted by atomic mass is 35.5. The van der Waals surface area contributed by atoms with E-state index in [-0.39, 0.29) is 6.04 Å². The highest BCUT2D eigenvalue weighted by molar-refractivity contribution is 7.80. The third kappa shape index (κ3) is 4.75. The summed E-state index contributed by atoms with van der Waals surface area (Å²) in [5.41, 5.74) is 3.10. The minimum atomic E-state index is -0.0746. The minimum absolute atomic E-state index is 0.0746. The molecule has 0 saturated heterocycles. The molecule has 0 amide bonds. The zero-order chi connectivity index (χ0) is 18.4. The summed E-state index contributed by atoms with van der Waals surface area (Å²) in [6.45, 7) is 0. The number of nitrogens with one attached hydrogen (secondary N) is 2. The largest absolute Gasteiger partial charge is 0.497 e. The van der Waals surface area contributed by atoms with E-state index in [1.165, 1.54) is 0 Å². The number of hydrogen-bond acceptors (Lipinski definition) is 2. The molecular formula is C21H19ClN2OS. The van der Waals surface area contributed by atoms with E-state index in [1.54, 1.807) is 7.11 Å². The van der Waals surface area contributed by atoms with E-state index in [9.17, 15) is 0 Å². The fraction of sp³-hybridized carbons (Fsp3) is 0.0952. The fourth-order valence-corrected chi connectivity index (χ4v) is 2.99. The van der Waals surface area contributed by atoms with Gasteiger partial charge in [0.2, 0.25) is 0 Å². The molecule has 0 bridgehead atoms. The normalized spacial score (nSPS) is 11.5. The number of rotatable bonds is 5. The molecule has 3 rings (SSSR count). The number of hydrogen-bond donors (Lipinski definition) is 2. The lowest BCUT2D eigenvalue weighted by Crippen LogP contribution is -2.33. The van der Waals surface area contributed by atoms with Crippen molar-refractivity contribution in [2.75, 3.05) is 12.4 Å². The zero-order valence-electron chi connectivity index (χ0n) is 14.3. The van der Waals surface area contributed by atoms with E-state index in [0.29, 0.717) is 10.1 Å². The van der Waals surface area contributed by atoms with Crippen molar-refractivity contribution in [1.82, 2.24) is 5.32 Å². The predicted molar refractivity (Wildman–Crippen MR) is 112 cm³/mol. The lowest BCUT2D eigenvalue weighted by atomic mass is 9.99. The van der Waals surface area contributed by atoms with Crippen LogP contribution >= 0.6 is 23.8 Å². The molecule has 0 aliphatic heterocycles. The molecule has 0 saturated carbocycles. The van der Waals surface area contributed by atoms with Gasteiger partial charge in [0.05, 0.1) is 13.2 Å². The summed E-state index contributed by atoms with van der Waals surface area (Å²) >= 11 is 11.4. The van der Waals surface area contributed by atoms with Gasteiger partial charge in [0.25, 0.3) is 0 Å². The standard InChI is InChI=1S/C21H19ClN2OS/c1-25-19-13-7-16(8-14-19)20(15-5-3-2-4-6-15)24-21(26)23-18-11-9-17(22)10-12-18/h2-14,20H,1H3,(H2,23,24,26)/t20-/m0/s1. The van der Waals surface area contributed by atoms with Gasteiger partial charge < -0.3 is 15.4 Å². The molecule has 1 atom stereocenters. The molecule has 132 valence electrons. The molecule has 3 aromatic rings. The van der Waals surface area contributed by atoms with Gasteiger partial charge in [-0.3, -0.25) is 0 Å². The van der Waals surface area contributed by atoms with Gasteiger partial charge in [0, 0.05) is 10.7 Å². The van der Waals surface area contributed by atoms with Crippen molar-refractivity contribution in [1.29, 1.82) is 0 Å². The zero-order valence-corrected chi connectivity index (χ0v) is 15.8. The van der Waals surface area contributed by atoms with Crippen molar-refractivity contribution in [3.63, 3.8) is 0 Å². The molecule has 0 unspecified atom stereocenters. The Morgan fingerprint density at radius 1 is 0.885 bits per heavy atom. The van der Waals surface area contributed by atoms with Crippen LogP contribution in [0.1, 0.15) is 17.2 Å². The smallest absolute Gasteiger partial charge is 0.171 e. The molecule has 0 heterocycles. The second-order valence-electron chi connectivity index (χ2n) is 5.72. The van der Waals surface area contributed by atoms with Gasteiger partial charge in [0.15, 0.2) is 5.11 Å². The maximum atomic E-state index is 5.93. The van der Waals surface area contributed by atoms with Crippen molar-refractivity contribution in [3.05, 3.63) is 95.0 Å². The summed E-state index contributed by atoms with van der Waals surface area (Å²) in [6, 6.07) is 25.5. The molecule has 0 aliphatic carbocycles. The van der Waals surface area contributed by atoms with E-state index >= 15 is 0 Å².